The van der Waals surface area contributed by atoms with Gasteiger partial charge in [-0.3, -0.25) is 0 Å². The normalized spacial score (nSPS) is 18.6. The predicted molar refractivity (Wildman–Crippen MR) is 200 cm³/mol. The third-order valence-corrected chi connectivity index (χ3v) is 14.4. The molecular weight excluding hydrogens is 878 g/mol. The average Bonchev–Trinajstić information content (AvgIpc) is 3.25. The first kappa shape index (κ1) is 49.4. The minimum atomic E-state index is -8.50. The molecule has 0 spiro atoms. The van der Waals surface area contributed by atoms with Crippen LogP contribution in [0.4, 0.5) is 65.9 Å². The van der Waals surface area contributed by atoms with Gasteiger partial charge >= 0.3 is 41.7 Å². The molecule has 62 heavy (non-hydrogen) atoms. The lowest BCUT2D eigenvalue weighted by Crippen LogP contribution is -2.74. The van der Waals surface area contributed by atoms with Crippen LogP contribution in [-0.2, 0) is 15.7 Å². The smallest absolute Gasteiger partial charge is 0.460 e. The predicted octanol–water partition coefficient (Wildman–Crippen LogP) is 14.0. The van der Waals surface area contributed by atoms with Gasteiger partial charge in [-0.1, -0.05) is 94.2 Å². The summed E-state index contributed by atoms with van der Waals surface area (Å²) in [4.78, 5) is 14.0. The number of rotatable bonds is 12. The molecule has 3 aromatic carbocycles. The second-order valence-electron chi connectivity index (χ2n) is 16.2. The third kappa shape index (κ3) is 9.59. The van der Waals surface area contributed by atoms with Crippen molar-refractivity contribution >= 4 is 16.9 Å². The number of carbonyl (C=O) groups excluding carboxylic acids is 1. The molecule has 0 amide bonds. The molecule has 0 radical (unpaired) electrons. The summed E-state index contributed by atoms with van der Waals surface area (Å²) < 4.78 is 186. The summed E-state index contributed by atoms with van der Waals surface area (Å²) in [6.07, 6.45) is 13.2. The Kier molecular flexibility index (Phi) is 15.1. The van der Waals surface area contributed by atoms with Gasteiger partial charge < -0.3 is 9.90 Å². The first-order valence-corrected chi connectivity index (χ1v) is 21.6. The lowest BCUT2D eigenvalue weighted by molar-refractivity contribution is -0.454. The van der Waals surface area contributed by atoms with E-state index in [1.807, 2.05) is 0 Å². The Morgan fingerprint density at radius 1 is 0.387 bits per heavy atom. The summed E-state index contributed by atoms with van der Waals surface area (Å²) in [5, 5.41) is 9.61. The van der Waals surface area contributed by atoms with E-state index in [4.69, 9.17) is 0 Å². The van der Waals surface area contributed by atoms with E-state index in [-0.39, 0.29) is 10.9 Å². The minimum Gasteiger partial charge on any atom is -0.544 e. The van der Waals surface area contributed by atoms with Gasteiger partial charge in [-0.2, -0.15) is 65.9 Å². The molecule has 344 valence electrons. The van der Waals surface area contributed by atoms with E-state index in [1.165, 1.54) is 111 Å². The summed E-state index contributed by atoms with van der Waals surface area (Å²) in [7, 11) is -0.0542. The highest BCUT2D eigenvalue weighted by molar-refractivity contribution is 7.97. The van der Waals surface area contributed by atoms with Crippen LogP contribution in [0.25, 0.3) is 0 Å². The number of aliphatic carboxylic acids is 1. The van der Waals surface area contributed by atoms with Gasteiger partial charge in [0.25, 0.3) is 0 Å². The SMILES string of the molecule is O=C([O-])C(F)(F)C(F)(F)C(F)(F)C(F)(F)C(F)(F)C(F)(F)C(F)(F)F.c1cc([S+](c2ccc(C3CCCCC3)cc2)c2ccc(C3CCCCC3)cc2)ccc1C1CCCCC1. The van der Waals surface area contributed by atoms with Crippen LogP contribution in [0, 0.1) is 0 Å². The van der Waals surface area contributed by atoms with E-state index in [0.717, 1.165) is 17.8 Å². The molecule has 6 rings (SSSR count). The van der Waals surface area contributed by atoms with Gasteiger partial charge in [-0.15, -0.1) is 0 Å². The molecule has 3 aliphatic rings. The van der Waals surface area contributed by atoms with Gasteiger partial charge in [0.2, 0.25) is 0 Å². The van der Waals surface area contributed by atoms with Crippen molar-refractivity contribution in [3.8, 4) is 0 Å². The average molecular weight is 923 g/mol. The Balaban J connectivity index is 0.000000256. The maximum atomic E-state index is 12.8. The maximum absolute atomic E-state index is 12.8. The fourth-order valence-corrected chi connectivity index (χ4v) is 10.5. The van der Waals surface area contributed by atoms with Gasteiger partial charge in [-0.25, -0.2) is 0 Å². The van der Waals surface area contributed by atoms with Crippen LogP contribution in [0.1, 0.15) is 131 Å². The molecule has 0 N–H and O–H groups in total. The number of benzene rings is 3. The van der Waals surface area contributed by atoms with Gasteiger partial charge in [0.15, 0.2) is 14.7 Å². The minimum absolute atomic E-state index is 0.0542. The number of carbonyl (C=O) groups is 1. The van der Waals surface area contributed by atoms with Gasteiger partial charge in [0, 0.05) is 0 Å². The van der Waals surface area contributed by atoms with Crippen molar-refractivity contribution in [1.82, 2.24) is 0 Å². The molecule has 0 atom stereocenters. The van der Waals surface area contributed by atoms with Gasteiger partial charge in [0.05, 0.1) is 10.9 Å². The van der Waals surface area contributed by atoms with Crippen molar-refractivity contribution in [3.63, 3.8) is 0 Å². The van der Waals surface area contributed by atoms with E-state index < -0.39 is 47.7 Å². The zero-order valence-electron chi connectivity index (χ0n) is 33.2. The standard InChI is InChI=1S/C36H45S.C8HF15O2/c1-4-10-28(11-5-1)31-16-22-34(23-17-31)37(35-24-18-32(19-25-35)29-12-6-2-7-13-29)36-26-20-33(21-27-36)30-14-8-3-9-15-30;9-2(10,1(24)25)3(11,12)4(13,14)5(15,16)6(17,18)7(19,20)8(21,22)23/h16-30H,1-15H2;(H,24,25)/q+1;/p-1. The largest absolute Gasteiger partial charge is 0.544 e. The molecule has 3 fully saturated rings. The molecular formula is C44H45F15O2S. The number of carboxylic acids is 1. The second-order valence-corrected chi connectivity index (χ2v) is 18.3. The summed E-state index contributed by atoms with van der Waals surface area (Å²) >= 11 is 0. The third-order valence-electron chi connectivity index (χ3n) is 12.2. The summed E-state index contributed by atoms with van der Waals surface area (Å²) in [6, 6.07) is 29.5. The number of alkyl halides is 15. The van der Waals surface area contributed by atoms with E-state index in [0.29, 0.717) is 0 Å². The fraction of sp³-hybridized carbons (Fsp3) is 0.568. The van der Waals surface area contributed by atoms with Crippen molar-refractivity contribution in [1.29, 1.82) is 0 Å². The lowest BCUT2D eigenvalue weighted by Gasteiger charge is -2.41. The van der Waals surface area contributed by atoms with Crippen LogP contribution >= 0.6 is 0 Å². The topological polar surface area (TPSA) is 40.1 Å². The number of hydrogen-bond acceptors (Lipinski definition) is 2. The number of hydrogen-bond donors (Lipinski definition) is 0. The van der Waals surface area contributed by atoms with Crippen molar-refractivity contribution < 1.29 is 75.8 Å². The molecule has 0 bridgehead atoms. The molecule has 0 saturated heterocycles. The molecule has 2 nitrogen and oxygen atoms in total. The van der Waals surface area contributed by atoms with Crippen LogP contribution in [0.3, 0.4) is 0 Å². The Bertz CT molecular complexity index is 1770. The zero-order chi connectivity index (χ0) is 45.9. The van der Waals surface area contributed by atoms with Crippen molar-refractivity contribution in [2.75, 3.05) is 0 Å². The molecule has 3 aromatic rings. The summed E-state index contributed by atoms with van der Waals surface area (Å²) in [5.41, 5.74) is 4.69. The van der Waals surface area contributed by atoms with Crippen molar-refractivity contribution in [2.24, 2.45) is 0 Å². The highest BCUT2D eigenvalue weighted by Gasteiger charge is 2.93. The lowest BCUT2D eigenvalue weighted by atomic mass is 9.84. The van der Waals surface area contributed by atoms with Crippen molar-refractivity contribution in [3.05, 3.63) is 89.5 Å². The molecule has 0 heterocycles. The number of halogens is 15. The van der Waals surface area contributed by atoms with E-state index in [2.05, 4.69) is 72.8 Å². The van der Waals surface area contributed by atoms with E-state index in [1.54, 1.807) is 16.7 Å². The van der Waals surface area contributed by atoms with Crippen LogP contribution in [-0.4, -0.2) is 47.7 Å². The molecule has 0 aromatic heterocycles. The summed E-state index contributed by atoms with van der Waals surface area (Å²) in [6.45, 7) is 0. The monoisotopic (exact) mass is 922 g/mol. The molecule has 0 unspecified atom stereocenters. The Morgan fingerprint density at radius 2 is 0.629 bits per heavy atom. The second kappa shape index (κ2) is 18.9. The number of carboxylic acid groups (broad SMARTS) is 1. The maximum Gasteiger partial charge on any atom is 0.460 e. The fourth-order valence-electron chi connectivity index (χ4n) is 8.44. The Morgan fingerprint density at radius 3 is 0.871 bits per heavy atom. The molecule has 3 saturated carbocycles. The zero-order valence-corrected chi connectivity index (χ0v) is 34.0. The van der Waals surface area contributed by atoms with Crippen LogP contribution < -0.4 is 5.11 Å². The molecule has 3 aliphatic carbocycles. The Hall–Kier alpha value is -3.57. The van der Waals surface area contributed by atoms with Gasteiger partial charge in [-0.05, 0) is 109 Å². The van der Waals surface area contributed by atoms with Crippen LogP contribution in [0.2, 0.25) is 0 Å². The highest BCUT2D eigenvalue weighted by atomic mass is 32.2. The highest BCUT2D eigenvalue weighted by Crippen LogP contribution is 2.62. The van der Waals surface area contributed by atoms with E-state index in [9.17, 15) is 75.8 Å². The molecule has 0 aliphatic heterocycles. The van der Waals surface area contributed by atoms with Gasteiger partial charge in [0.1, 0.15) is 5.97 Å². The van der Waals surface area contributed by atoms with E-state index >= 15 is 0 Å². The quantitative estimate of drug-likeness (QED) is 0.134. The first-order chi connectivity index (χ1) is 28.8. The first-order valence-electron chi connectivity index (χ1n) is 20.4. The Labute approximate surface area is 352 Å². The molecule has 18 heteroatoms. The van der Waals surface area contributed by atoms with Crippen LogP contribution in [0.5, 0.6) is 0 Å². The summed E-state index contributed by atoms with van der Waals surface area (Å²) in [5.74, 6) is -51.0. The van der Waals surface area contributed by atoms with Crippen LogP contribution in [0.15, 0.2) is 87.5 Å². The van der Waals surface area contributed by atoms with Crippen molar-refractivity contribution in [2.45, 2.75) is 170 Å².